The molecular formula is C22H30N4O. The molecule has 1 saturated heterocycles. The number of nitrogens with one attached hydrogen (secondary N) is 1. The number of rotatable bonds is 7. The van der Waals surface area contributed by atoms with Gasteiger partial charge in [-0.2, -0.15) is 0 Å². The number of likely N-dealkylation sites (tertiary alicyclic amines) is 1. The lowest BCUT2D eigenvalue weighted by atomic mass is 10.0. The summed E-state index contributed by atoms with van der Waals surface area (Å²) in [6, 6.07) is 12.8. The third kappa shape index (κ3) is 5.15. The molecule has 1 amide bonds. The highest BCUT2D eigenvalue weighted by Gasteiger charge is 2.21. The second kappa shape index (κ2) is 9.11. The average Bonchev–Trinajstić information content (AvgIpc) is 3.06. The molecule has 0 bridgehead atoms. The molecule has 1 aromatic heterocycles. The minimum atomic E-state index is -0.0933. The highest BCUT2D eigenvalue weighted by Crippen LogP contribution is 2.24. The van der Waals surface area contributed by atoms with E-state index >= 15 is 0 Å². The fourth-order valence-electron chi connectivity index (χ4n) is 3.80. The molecule has 0 saturated carbocycles. The second-order valence-corrected chi connectivity index (χ2v) is 7.66. The molecule has 1 aromatic carbocycles. The summed E-state index contributed by atoms with van der Waals surface area (Å²) in [7, 11) is 6.27. The molecule has 144 valence electrons. The minimum Gasteiger partial charge on any atom is -0.351 e. The first-order valence-corrected chi connectivity index (χ1v) is 9.72. The van der Waals surface area contributed by atoms with Crippen molar-refractivity contribution in [2.45, 2.75) is 31.8 Å². The van der Waals surface area contributed by atoms with Gasteiger partial charge in [0, 0.05) is 30.9 Å². The van der Waals surface area contributed by atoms with E-state index in [1.54, 1.807) is 6.20 Å². The molecule has 2 heterocycles. The Kier molecular flexibility index (Phi) is 6.58. The Balaban J connectivity index is 1.70. The summed E-state index contributed by atoms with van der Waals surface area (Å²) in [6.45, 7) is 2.71. The van der Waals surface area contributed by atoms with Gasteiger partial charge in [0.2, 0.25) is 0 Å². The molecule has 0 aliphatic carbocycles. The first-order chi connectivity index (χ1) is 13.0. The van der Waals surface area contributed by atoms with E-state index in [4.69, 9.17) is 0 Å². The normalized spacial score (nSPS) is 17.4. The molecule has 1 N–H and O–H groups in total. The fraction of sp³-hybridized carbons (Fsp3) is 0.455. The average molecular weight is 367 g/mol. The van der Waals surface area contributed by atoms with E-state index < -0.39 is 0 Å². The third-order valence-corrected chi connectivity index (χ3v) is 5.19. The number of pyridine rings is 1. The highest BCUT2D eigenvalue weighted by molar-refractivity contribution is 5.98. The molecule has 1 atom stereocenters. The van der Waals surface area contributed by atoms with Crippen molar-refractivity contribution in [1.82, 2.24) is 20.1 Å². The van der Waals surface area contributed by atoms with Crippen LogP contribution in [0.15, 0.2) is 42.6 Å². The smallest absolute Gasteiger partial charge is 0.270 e. The van der Waals surface area contributed by atoms with Gasteiger partial charge in [-0.3, -0.25) is 9.78 Å². The summed E-state index contributed by atoms with van der Waals surface area (Å²) in [5.74, 6) is -0.0933. The zero-order valence-corrected chi connectivity index (χ0v) is 16.6. The molecule has 1 aliphatic heterocycles. The first kappa shape index (κ1) is 19.5. The van der Waals surface area contributed by atoms with E-state index in [2.05, 4.69) is 53.4 Å². The maximum Gasteiger partial charge on any atom is 0.270 e. The Morgan fingerprint density at radius 2 is 2.15 bits per heavy atom. The Morgan fingerprint density at radius 1 is 1.30 bits per heavy atom. The standard InChI is InChI=1S/C22H30N4O/c1-25(2)16-17-7-4-8-18(15-17)20-10-5-12-23-21(20)22(27)24-13-11-19-9-6-14-26(19)3/h4-5,7-8,10,12,15,19H,6,9,11,13-14,16H2,1-3H3,(H,24,27)/t19-/m0/s1. The van der Waals surface area contributed by atoms with Crippen LogP contribution in [0, 0.1) is 0 Å². The third-order valence-electron chi connectivity index (χ3n) is 5.19. The molecule has 0 unspecified atom stereocenters. The lowest BCUT2D eigenvalue weighted by molar-refractivity contribution is 0.0946. The molecule has 3 rings (SSSR count). The van der Waals surface area contributed by atoms with Crippen LogP contribution in [-0.4, -0.2) is 61.0 Å². The molecular weight excluding hydrogens is 336 g/mol. The number of aromatic nitrogens is 1. The number of hydrogen-bond donors (Lipinski definition) is 1. The van der Waals surface area contributed by atoms with Gasteiger partial charge in [-0.15, -0.1) is 0 Å². The zero-order valence-electron chi connectivity index (χ0n) is 16.6. The highest BCUT2D eigenvalue weighted by atomic mass is 16.1. The van der Waals surface area contributed by atoms with Crippen molar-refractivity contribution in [3.8, 4) is 11.1 Å². The fourth-order valence-corrected chi connectivity index (χ4v) is 3.80. The number of carbonyl (C=O) groups excluding carboxylic acids is 1. The Hall–Kier alpha value is -2.24. The maximum atomic E-state index is 12.8. The van der Waals surface area contributed by atoms with Gasteiger partial charge in [-0.05, 0) is 70.2 Å². The predicted molar refractivity (Wildman–Crippen MR) is 110 cm³/mol. The predicted octanol–water partition coefficient (Wildman–Crippen LogP) is 3.02. The largest absolute Gasteiger partial charge is 0.351 e. The molecule has 1 aliphatic rings. The van der Waals surface area contributed by atoms with Crippen LogP contribution in [0.5, 0.6) is 0 Å². The molecule has 0 radical (unpaired) electrons. The van der Waals surface area contributed by atoms with Crippen molar-refractivity contribution in [3.05, 3.63) is 53.9 Å². The van der Waals surface area contributed by atoms with Gasteiger partial charge in [-0.1, -0.05) is 24.3 Å². The minimum absolute atomic E-state index is 0.0933. The van der Waals surface area contributed by atoms with Gasteiger partial charge in [0.15, 0.2) is 0 Å². The van der Waals surface area contributed by atoms with Crippen molar-refractivity contribution < 1.29 is 4.79 Å². The lowest BCUT2D eigenvalue weighted by Crippen LogP contribution is -2.32. The Bertz CT molecular complexity index is 774. The summed E-state index contributed by atoms with van der Waals surface area (Å²) >= 11 is 0. The van der Waals surface area contributed by atoms with Crippen LogP contribution in [0.2, 0.25) is 0 Å². The van der Waals surface area contributed by atoms with Crippen LogP contribution in [0.3, 0.4) is 0 Å². The first-order valence-electron chi connectivity index (χ1n) is 9.72. The molecule has 27 heavy (non-hydrogen) atoms. The summed E-state index contributed by atoms with van der Waals surface area (Å²) in [4.78, 5) is 21.7. The van der Waals surface area contributed by atoms with Gasteiger partial charge >= 0.3 is 0 Å². The van der Waals surface area contributed by atoms with Gasteiger partial charge in [0.1, 0.15) is 5.69 Å². The lowest BCUT2D eigenvalue weighted by Gasteiger charge is -2.19. The molecule has 5 nitrogen and oxygen atoms in total. The molecule has 0 spiro atoms. The summed E-state index contributed by atoms with van der Waals surface area (Å²) in [6.07, 6.45) is 5.15. The molecule has 1 fully saturated rings. The molecule has 5 heteroatoms. The topological polar surface area (TPSA) is 48.5 Å². The zero-order chi connectivity index (χ0) is 19.2. The monoisotopic (exact) mass is 366 g/mol. The van der Waals surface area contributed by atoms with Crippen molar-refractivity contribution in [3.63, 3.8) is 0 Å². The molecule has 2 aromatic rings. The van der Waals surface area contributed by atoms with Crippen LogP contribution in [0.1, 0.15) is 35.3 Å². The Labute approximate surface area is 162 Å². The summed E-state index contributed by atoms with van der Waals surface area (Å²) in [5.41, 5.74) is 3.63. The number of benzene rings is 1. The van der Waals surface area contributed by atoms with Crippen molar-refractivity contribution in [2.75, 3.05) is 34.2 Å². The summed E-state index contributed by atoms with van der Waals surface area (Å²) < 4.78 is 0. The second-order valence-electron chi connectivity index (χ2n) is 7.66. The van der Waals surface area contributed by atoms with E-state index in [1.165, 1.54) is 18.4 Å². The van der Waals surface area contributed by atoms with Crippen LogP contribution in [0.25, 0.3) is 11.1 Å². The van der Waals surface area contributed by atoms with Gasteiger partial charge in [0.25, 0.3) is 5.91 Å². The maximum absolute atomic E-state index is 12.8. The van der Waals surface area contributed by atoms with Crippen LogP contribution in [0.4, 0.5) is 0 Å². The van der Waals surface area contributed by atoms with Crippen molar-refractivity contribution >= 4 is 5.91 Å². The van der Waals surface area contributed by atoms with Gasteiger partial charge < -0.3 is 15.1 Å². The SMILES string of the molecule is CN(C)Cc1cccc(-c2cccnc2C(=O)NCC[C@@H]2CCCN2C)c1. The van der Waals surface area contributed by atoms with Crippen LogP contribution >= 0.6 is 0 Å². The van der Waals surface area contributed by atoms with E-state index in [9.17, 15) is 4.79 Å². The Morgan fingerprint density at radius 3 is 2.89 bits per heavy atom. The van der Waals surface area contributed by atoms with E-state index in [0.717, 1.165) is 30.6 Å². The number of nitrogens with zero attached hydrogens (tertiary/aromatic N) is 3. The van der Waals surface area contributed by atoms with Crippen molar-refractivity contribution in [1.29, 1.82) is 0 Å². The van der Waals surface area contributed by atoms with E-state index in [-0.39, 0.29) is 5.91 Å². The number of amides is 1. The number of carbonyl (C=O) groups is 1. The summed E-state index contributed by atoms with van der Waals surface area (Å²) in [5, 5.41) is 3.07. The van der Waals surface area contributed by atoms with Crippen molar-refractivity contribution in [2.24, 2.45) is 0 Å². The van der Waals surface area contributed by atoms with Gasteiger partial charge in [-0.25, -0.2) is 0 Å². The van der Waals surface area contributed by atoms with E-state index in [1.807, 2.05) is 24.3 Å². The van der Waals surface area contributed by atoms with E-state index in [0.29, 0.717) is 18.3 Å². The van der Waals surface area contributed by atoms with Crippen LogP contribution < -0.4 is 5.32 Å². The number of hydrogen-bond acceptors (Lipinski definition) is 4. The van der Waals surface area contributed by atoms with Gasteiger partial charge in [0.05, 0.1) is 0 Å². The quantitative estimate of drug-likeness (QED) is 0.818. The van der Waals surface area contributed by atoms with Crippen LogP contribution in [-0.2, 0) is 6.54 Å².